The number of amides is 1. The Labute approximate surface area is 277 Å². The van der Waals surface area contributed by atoms with Crippen LogP contribution in [-0.2, 0) is 15.9 Å². The second-order valence-corrected chi connectivity index (χ2v) is 11.6. The molecule has 1 amide bonds. The quantitative estimate of drug-likeness (QED) is 0.0620. The molecule has 5 atom stereocenters. The number of aliphatic hydroxyl groups excluding tert-OH is 3. The van der Waals surface area contributed by atoms with Crippen molar-refractivity contribution in [2.75, 3.05) is 44.3 Å². The van der Waals surface area contributed by atoms with Crippen LogP contribution in [0.2, 0.25) is 5.15 Å². The average Bonchev–Trinajstić information content (AvgIpc) is 3.04. The molecule has 1 saturated heterocycles. The van der Waals surface area contributed by atoms with Crippen molar-refractivity contribution in [2.24, 2.45) is 0 Å². The van der Waals surface area contributed by atoms with Crippen LogP contribution in [0.1, 0.15) is 42.2 Å². The molecule has 1 aromatic heterocycles. The number of unbranched alkanes of at least 4 members (excludes halogenated alkanes) is 1. The number of aromatic nitrogens is 2. The number of hydrogen-bond acceptors (Lipinski definition) is 13. The van der Waals surface area contributed by atoms with Crippen LogP contribution in [0.15, 0.2) is 36.4 Å². The number of halogens is 1. The zero-order valence-corrected chi connectivity index (χ0v) is 26.9. The third kappa shape index (κ3) is 10.6. The van der Waals surface area contributed by atoms with E-state index in [4.69, 9.17) is 42.7 Å². The Morgan fingerprint density at radius 3 is 2.68 bits per heavy atom. The minimum atomic E-state index is -1.24. The van der Waals surface area contributed by atoms with Crippen LogP contribution in [0.4, 0.5) is 11.6 Å². The molecule has 1 fully saturated rings. The molecule has 1 aliphatic rings. The molecule has 0 aliphatic carbocycles. The highest BCUT2D eigenvalue weighted by Gasteiger charge is 2.37. The second kappa shape index (κ2) is 17.4. The van der Waals surface area contributed by atoms with Gasteiger partial charge in [0, 0.05) is 13.1 Å². The number of aryl methyl sites for hydroxylation is 1. The predicted octanol–water partition coefficient (Wildman–Crippen LogP) is 0.927. The van der Waals surface area contributed by atoms with Crippen LogP contribution in [0.3, 0.4) is 0 Å². The maximum absolute atomic E-state index is 12.3. The molecule has 0 saturated carbocycles. The molecular formula is C31H43ClN8O7. The summed E-state index contributed by atoms with van der Waals surface area (Å²) in [6, 6.07) is 12.2. The Hall–Kier alpha value is -3.83. The van der Waals surface area contributed by atoms with Gasteiger partial charge < -0.3 is 51.6 Å². The summed E-state index contributed by atoms with van der Waals surface area (Å²) in [7, 11) is 0. The number of fused-ring (bicyclic) bond motifs is 1. The second-order valence-electron chi connectivity index (χ2n) is 11.2. The van der Waals surface area contributed by atoms with Gasteiger partial charge in [-0.05, 0) is 67.6 Å². The molecule has 0 radical (unpaired) electrons. The number of rotatable bonds is 15. The molecule has 0 bridgehead atoms. The van der Waals surface area contributed by atoms with Crippen molar-refractivity contribution < 1.29 is 34.3 Å². The third-order valence-corrected chi connectivity index (χ3v) is 7.79. The van der Waals surface area contributed by atoms with Gasteiger partial charge in [-0.1, -0.05) is 35.9 Å². The summed E-state index contributed by atoms with van der Waals surface area (Å²) in [5, 5.41) is 48.9. The van der Waals surface area contributed by atoms with E-state index in [0.29, 0.717) is 26.1 Å². The fraction of sp³-hybridized carbons (Fsp3) is 0.484. The van der Waals surface area contributed by atoms with Crippen LogP contribution < -0.4 is 32.2 Å². The lowest BCUT2D eigenvalue weighted by Crippen LogP contribution is -2.54. The monoisotopic (exact) mass is 674 g/mol. The van der Waals surface area contributed by atoms with Gasteiger partial charge >= 0.3 is 0 Å². The first-order valence-electron chi connectivity index (χ1n) is 15.4. The SMILES string of the molecule is CC1OC[C@@H](O)[C@H]([C@H](O)[C@@H](O)CNCCCOc2ccc3cc(CCCCNC(=N)NC(=O)c4nc(Cl)c(N)nc4N)ccc3c2)O1. The van der Waals surface area contributed by atoms with Crippen molar-refractivity contribution >= 4 is 45.9 Å². The molecule has 11 N–H and O–H groups in total. The van der Waals surface area contributed by atoms with E-state index in [1.54, 1.807) is 6.92 Å². The van der Waals surface area contributed by atoms with Crippen LogP contribution in [0.25, 0.3) is 10.8 Å². The van der Waals surface area contributed by atoms with E-state index in [2.05, 4.69) is 44.1 Å². The number of nitrogen functional groups attached to an aromatic ring is 2. The van der Waals surface area contributed by atoms with E-state index < -0.39 is 36.6 Å². The molecule has 15 nitrogen and oxygen atoms in total. The fourth-order valence-electron chi connectivity index (χ4n) is 4.98. The van der Waals surface area contributed by atoms with E-state index in [1.165, 1.54) is 5.56 Å². The molecule has 16 heteroatoms. The Morgan fingerprint density at radius 1 is 1.11 bits per heavy atom. The lowest BCUT2D eigenvalue weighted by Gasteiger charge is -2.36. The summed E-state index contributed by atoms with van der Waals surface area (Å²) in [6.45, 7) is 3.40. The summed E-state index contributed by atoms with van der Waals surface area (Å²) in [5.41, 5.74) is 12.2. The van der Waals surface area contributed by atoms with Gasteiger partial charge in [-0.2, -0.15) is 0 Å². The maximum atomic E-state index is 12.3. The molecule has 1 unspecified atom stereocenters. The third-order valence-electron chi connectivity index (χ3n) is 7.51. The average molecular weight is 675 g/mol. The van der Waals surface area contributed by atoms with Crippen LogP contribution in [0, 0.1) is 5.41 Å². The van der Waals surface area contributed by atoms with Crippen molar-refractivity contribution in [3.63, 3.8) is 0 Å². The number of anilines is 2. The van der Waals surface area contributed by atoms with E-state index in [9.17, 15) is 20.1 Å². The Kier molecular flexibility index (Phi) is 13.3. The van der Waals surface area contributed by atoms with Gasteiger partial charge in [-0.15, -0.1) is 0 Å². The van der Waals surface area contributed by atoms with Crippen molar-refractivity contribution in [3.8, 4) is 5.75 Å². The minimum Gasteiger partial charge on any atom is -0.494 e. The number of carbonyl (C=O) groups excluding carboxylic acids is 1. The molecule has 0 spiro atoms. The Balaban J connectivity index is 1.10. The standard InChI is InChI=1S/C31H43ClN8O7/c1-17-46-16-23(42)26(47-17)25(43)22(41)15-36-10-4-12-45-21-9-8-19-13-18(6-7-20(19)14-21)5-2-3-11-37-31(35)40-30(44)24-28(33)39-29(34)27(32)38-24/h6-9,13-14,17,22-23,25-26,36,41-43H,2-5,10-12,15-16H2,1H3,(H4,33,34,39)(H3,35,37,40,44)/t17?,22-,23+,25+,26+/m0/s1. The number of guanidine groups is 1. The highest BCUT2D eigenvalue weighted by atomic mass is 35.5. The maximum Gasteiger partial charge on any atom is 0.280 e. The van der Waals surface area contributed by atoms with Crippen molar-refractivity contribution in [1.82, 2.24) is 25.9 Å². The van der Waals surface area contributed by atoms with Gasteiger partial charge in [-0.3, -0.25) is 15.5 Å². The zero-order chi connectivity index (χ0) is 33.9. The summed E-state index contributed by atoms with van der Waals surface area (Å²) in [6.07, 6.45) is -1.61. The number of hydrogen-bond donors (Lipinski definition) is 9. The highest BCUT2D eigenvalue weighted by Crippen LogP contribution is 2.23. The van der Waals surface area contributed by atoms with Gasteiger partial charge in [-0.25, -0.2) is 9.97 Å². The van der Waals surface area contributed by atoms with Crippen LogP contribution in [0.5, 0.6) is 5.75 Å². The molecule has 2 heterocycles. The van der Waals surface area contributed by atoms with E-state index >= 15 is 0 Å². The summed E-state index contributed by atoms with van der Waals surface area (Å²) in [4.78, 5) is 19.9. The fourth-order valence-corrected chi connectivity index (χ4v) is 5.10. The Morgan fingerprint density at radius 2 is 1.87 bits per heavy atom. The van der Waals surface area contributed by atoms with Gasteiger partial charge in [0.25, 0.3) is 5.91 Å². The number of ether oxygens (including phenoxy) is 3. The van der Waals surface area contributed by atoms with Gasteiger partial charge in [0.2, 0.25) is 0 Å². The van der Waals surface area contributed by atoms with E-state index in [1.807, 2.05) is 18.2 Å². The minimum absolute atomic E-state index is 0.0472. The summed E-state index contributed by atoms with van der Waals surface area (Å²) < 4.78 is 16.5. The Bertz CT molecular complexity index is 1520. The molecule has 1 aliphatic heterocycles. The van der Waals surface area contributed by atoms with Crippen LogP contribution in [-0.4, -0.2) is 101 Å². The number of carbonyl (C=O) groups is 1. The number of benzene rings is 2. The lowest BCUT2D eigenvalue weighted by molar-refractivity contribution is -0.271. The summed E-state index contributed by atoms with van der Waals surface area (Å²) in [5.74, 6) is -0.387. The molecule has 4 rings (SSSR count). The number of nitrogens with two attached hydrogens (primary N) is 2. The molecular weight excluding hydrogens is 632 g/mol. The normalized spacial score (nSPS) is 19.2. The predicted molar refractivity (Wildman–Crippen MR) is 177 cm³/mol. The lowest BCUT2D eigenvalue weighted by atomic mass is 10.0. The van der Waals surface area contributed by atoms with Crippen molar-refractivity contribution in [2.45, 2.75) is 63.3 Å². The van der Waals surface area contributed by atoms with Crippen molar-refractivity contribution in [1.29, 1.82) is 5.41 Å². The molecule has 256 valence electrons. The highest BCUT2D eigenvalue weighted by molar-refractivity contribution is 6.31. The number of aliphatic hydroxyl groups is 3. The smallest absolute Gasteiger partial charge is 0.280 e. The first-order valence-corrected chi connectivity index (χ1v) is 15.8. The molecule has 2 aromatic carbocycles. The summed E-state index contributed by atoms with van der Waals surface area (Å²) >= 11 is 5.81. The first kappa shape index (κ1) is 36.0. The van der Waals surface area contributed by atoms with Crippen molar-refractivity contribution in [3.05, 3.63) is 52.8 Å². The number of nitrogens with one attached hydrogen (secondary N) is 4. The largest absolute Gasteiger partial charge is 0.494 e. The van der Waals surface area contributed by atoms with E-state index in [0.717, 1.165) is 35.8 Å². The van der Waals surface area contributed by atoms with Crippen LogP contribution >= 0.6 is 11.6 Å². The number of nitrogens with zero attached hydrogens (tertiary/aromatic N) is 2. The topological polar surface area (TPSA) is 243 Å². The molecule has 47 heavy (non-hydrogen) atoms. The first-order chi connectivity index (χ1) is 22.5. The van der Waals surface area contributed by atoms with Gasteiger partial charge in [0.1, 0.15) is 24.1 Å². The van der Waals surface area contributed by atoms with Gasteiger partial charge in [0.15, 0.2) is 34.7 Å². The zero-order valence-electron chi connectivity index (χ0n) is 26.1. The van der Waals surface area contributed by atoms with E-state index in [-0.39, 0.29) is 41.6 Å². The van der Waals surface area contributed by atoms with Gasteiger partial charge in [0.05, 0.1) is 19.3 Å². The molecule has 3 aromatic rings.